The van der Waals surface area contributed by atoms with Gasteiger partial charge in [0.2, 0.25) is 0 Å². The van der Waals surface area contributed by atoms with Crippen LogP contribution in [0, 0.1) is 20.2 Å². The highest BCUT2D eigenvalue weighted by Gasteiger charge is 2.12. The summed E-state index contributed by atoms with van der Waals surface area (Å²) in [4.78, 5) is 19.5. The van der Waals surface area contributed by atoms with Crippen LogP contribution in [-0.4, -0.2) is 37.6 Å². The highest BCUT2D eigenvalue weighted by atomic mass is 79.9. The molecule has 2 rings (SSSR count). The van der Waals surface area contributed by atoms with Gasteiger partial charge in [0.25, 0.3) is 0 Å². The summed E-state index contributed by atoms with van der Waals surface area (Å²) < 4.78 is 5.16. The Morgan fingerprint density at radius 1 is 0.815 bits per heavy atom. The van der Waals surface area contributed by atoms with E-state index in [1.165, 1.54) is 30.3 Å². The standard InChI is InChI=1S/C8H8BrNO3.C6H5NO3.C2H4Br2/c9-5-6-13-8-4-2-1-3-7(8)10(11)12;8-6-4-2-1-3-5(6)7(9)10;3-1-2-4/h1-4H,5-6H2;1-4,8H;1-2H2. The first-order valence-corrected chi connectivity index (χ1v) is 10.7. The third kappa shape index (κ3) is 10.9. The molecule has 8 nitrogen and oxygen atoms in total. The number of hydrogen-bond acceptors (Lipinski definition) is 6. The lowest BCUT2D eigenvalue weighted by Gasteiger charge is -2.03. The van der Waals surface area contributed by atoms with Crippen LogP contribution in [0.1, 0.15) is 0 Å². The largest absolute Gasteiger partial charge is 0.502 e. The molecule has 2 aromatic rings. The first-order chi connectivity index (χ1) is 12.9. The second-order valence-corrected chi connectivity index (χ2v) is 6.77. The molecule has 0 atom stereocenters. The van der Waals surface area contributed by atoms with E-state index >= 15 is 0 Å². The van der Waals surface area contributed by atoms with Crippen LogP contribution in [0.5, 0.6) is 11.5 Å². The van der Waals surface area contributed by atoms with Crippen molar-refractivity contribution < 1.29 is 19.7 Å². The van der Waals surface area contributed by atoms with Crippen LogP contribution in [0.3, 0.4) is 0 Å². The van der Waals surface area contributed by atoms with E-state index in [-0.39, 0.29) is 17.1 Å². The van der Waals surface area contributed by atoms with Crippen LogP contribution in [0.25, 0.3) is 0 Å². The van der Waals surface area contributed by atoms with E-state index in [0.29, 0.717) is 17.7 Å². The number of hydrogen-bond donors (Lipinski definition) is 1. The van der Waals surface area contributed by atoms with Crippen molar-refractivity contribution in [3.05, 3.63) is 68.8 Å². The second-order valence-electron chi connectivity index (χ2n) is 4.39. The van der Waals surface area contributed by atoms with Crippen molar-refractivity contribution in [3.63, 3.8) is 0 Å². The molecule has 0 aliphatic heterocycles. The molecule has 2 aromatic carbocycles. The van der Waals surface area contributed by atoms with E-state index in [2.05, 4.69) is 47.8 Å². The number of aromatic hydroxyl groups is 1. The third-order valence-corrected chi connectivity index (χ3v) is 4.73. The first kappa shape index (κ1) is 25.3. The molecule has 11 heteroatoms. The molecular weight excluding hydrogens is 556 g/mol. The highest BCUT2D eigenvalue weighted by Crippen LogP contribution is 2.25. The Hall–Kier alpha value is -1.72. The molecule has 0 bridgehead atoms. The minimum Gasteiger partial charge on any atom is -0.502 e. The average molecular weight is 573 g/mol. The number of ether oxygens (including phenoxy) is 1. The van der Waals surface area contributed by atoms with Gasteiger partial charge < -0.3 is 9.84 Å². The zero-order valence-electron chi connectivity index (χ0n) is 14.0. The number of nitro groups is 2. The number of benzene rings is 2. The monoisotopic (exact) mass is 570 g/mol. The fourth-order valence-electron chi connectivity index (χ4n) is 1.50. The van der Waals surface area contributed by atoms with Gasteiger partial charge in [-0.1, -0.05) is 72.1 Å². The van der Waals surface area contributed by atoms with Crippen molar-refractivity contribution in [1.29, 1.82) is 0 Å². The predicted octanol–water partition coefficient (Wildman–Crippen LogP) is 5.45. The molecule has 0 fully saturated rings. The van der Waals surface area contributed by atoms with Crippen molar-refractivity contribution >= 4 is 59.2 Å². The van der Waals surface area contributed by atoms with Crippen molar-refractivity contribution in [3.8, 4) is 11.5 Å². The molecule has 0 unspecified atom stereocenters. The van der Waals surface area contributed by atoms with Gasteiger partial charge in [-0.3, -0.25) is 20.2 Å². The van der Waals surface area contributed by atoms with Gasteiger partial charge in [0.05, 0.1) is 16.5 Å². The van der Waals surface area contributed by atoms with Gasteiger partial charge in [-0.2, -0.15) is 0 Å². The summed E-state index contributed by atoms with van der Waals surface area (Å²) in [6.45, 7) is 0.421. The summed E-state index contributed by atoms with van der Waals surface area (Å²) in [5.74, 6) is 0.0134. The maximum absolute atomic E-state index is 10.5. The maximum Gasteiger partial charge on any atom is 0.310 e. The van der Waals surface area contributed by atoms with E-state index in [0.717, 1.165) is 10.7 Å². The van der Waals surface area contributed by atoms with Crippen LogP contribution < -0.4 is 4.74 Å². The van der Waals surface area contributed by atoms with Gasteiger partial charge in [0.1, 0.15) is 0 Å². The summed E-state index contributed by atoms with van der Waals surface area (Å²) in [5, 5.41) is 32.2. The maximum atomic E-state index is 10.5. The third-order valence-electron chi connectivity index (χ3n) is 2.55. The molecule has 0 spiro atoms. The van der Waals surface area contributed by atoms with Crippen LogP contribution in [0.15, 0.2) is 48.5 Å². The van der Waals surface area contributed by atoms with Gasteiger partial charge in [0, 0.05) is 28.1 Å². The number of nitrogens with zero attached hydrogens (tertiary/aromatic N) is 2. The molecule has 0 amide bonds. The number of para-hydroxylation sites is 4. The van der Waals surface area contributed by atoms with Crippen molar-refractivity contribution in [2.45, 2.75) is 0 Å². The fourth-order valence-corrected chi connectivity index (χ4v) is 1.66. The number of alkyl halides is 3. The molecular formula is C16H17Br3N2O6. The van der Waals surface area contributed by atoms with Crippen LogP contribution in [0.2, 0.25) is 0 Å². The van der Waals surface area contributed by atoms with Gasteiger partial charge in [-0.05, 0) is 12.1 Å². The highest BCUT2D eigenvalue weighted by molar-refractivity contribution is 9.12. The Morgan fingerprint density at radius 3 is 1.70 bits per heavy atom. The quantitative estimate of drug-likeness (QED) is 0.280. The number of phenolic OH excluding ortho intramolecular Hbond substituents is 1. The summed E-state index contributed by atoms with van der Waals surface area (Å²) in [7, 11) is 0. The number of rotatable bonds is 6. The Bertz CT molecular complexity index is 716. The Balaban J connectivity index is 0.000000428. The Labute approximate surface area is 181 Å². The summed E-state index contributed by atoms with van der Waals surface area (Å²) >= 11 is 9.58. The molecule has 0 saturated heterocycles. The molecule has 0 aliphatic carbocycles. The summed E-state index contributed by atoms with van der Waals surface area (Å²) in [6, 6.07) is 11.9. The van der Waals surface area contributed by atoms with Gasteiger partial charge in [-0.15, -0.1) is 0 Å². The normalized spacial score (nSPS) is 9.15. The molecule has 27 heavy (non-hydrogen) atoms. The second kappa shape index (κ2) is 15.3. The molecule has 1 N–H and O–H groups in total. The molecule has 0 heterocycles. The lowest BCUT2D eigenvalue weighted by molar-refractivity contribution is -0.386. The zero-order chi connectivity index (χ0) is 20.7. The van der Waals surface area contributed by atoms with Crippen LogP contribution in [-0.2, 0) is 0 Å². The number of nitro benzene ring substituents is 2. The Morgan fingerprint density at radius 2 is 1.30 bits per heavy atom. The van der Waals surface area contributed by atoms with E-state index in [9.17, 15) is 20.2 Å². The molecule has 0 aromatic heterocycles. The van der Waals surface area contributed by atoms with Gasteiger partial charge in [-0.25, -0.2) is 0 Å². The topological polar surface area (TPSA) is 116 Å². The van der Waals surface area contributed by atoms with E-state index < -0.39 is 9.85 Å². The SMILES string of the molecule is BrCCBr.O=[N+]([O-])c1ccccc1O.O=[N+]([O-])c1ccccc1OCCBr. The van der Waals surface area contributed by atoms with Crippen LogP contribution >= 0.6 is 47.8 Å². The molecule has 0 radical (unpaired) electrons. The lowest BCUT2D eigenvalue weighted by atomic mass is 10.3. The average Bonchev–Trinajstić information content (AvgIpc) is 2.67. The first-order valence-electron chi connectivity index (χ1n) is 7.35. The molecule has 148 valence electrons. The van der Waals surface area contributed by atoms with Crippen molar-refractivity contribution in [2.24, 2.45) is 0 Å². The smallest absolute Gasteiger partial charge is 0.310 e. The summed E-state index contributed by atoms with van der Waals surface area (Å²) in [5.41, 5.74) is -0.258. The van der Waals surface area contributed by atoms with E-state index in [1.807, 2.05) is 0 Å². The van der Waals surface area contributed by atoms with E-state index in [4.69, 9.17) is 9.84 Å². The fraction of sp³-hybridized carbons (Fsp3) is 0.250. The van der Waals surface area contributed by atoms with E-state index in [1.54, 1.807) is 18.2 Å². The predicted molar refractivity (Wildman–Crippen MR) is 115 cm³/mol. The van der Waals surface area contributed by atoms with Crippen molar-refractivity contribution in [2.75, 3.05) is 22.6 Å². The minimum absolute atomic E-state index is 0.00319. The zero-order valence-corrected chi connectivity index (χ0v) is 18.7. The number of halogens is 3. The Kier molecular flexibility index (Phi) is 14.4. The molecule has 0 aliphatic rings. The summed E-state index contributed by atoms with van der Waals surface area (Å²) in [6.07, 6.45) is 0. The number of phenols is 1. The van der Waals surface area contributed by atoms with Crippen LogP contribution in [0.4, 0.5) is 11.4 Å². The molecule has 0 saturated carbocycles. The minimum atomic E-state index is -0.630. The van der Waals surface area contributed by atoms with Crippen molar-refractivity contribution in [1.82, 2.24) is 0 Å². The van der Waals surface area contributed by atoms with Gasteiger partial charge in [0.15, 0.2) is 11.5 Å². The lowest BCUT2D eigenvalue weighted by Crippen LogP contribution is -2.00. The van der Waals surface area contributed by atoms with Gasteiger partial charge >= 0.3 is 11.4 Å².